The largest absolute Gasteiger partial charge is 0.458 e. The Morgan fingerprint density at radius 1 is 0.487 bits per heavy atom. The molecule has 0 radical (unpaired) electrons. The second-order valence-corrected chi connectivity index (χ2v) is 30.7. The number of anilines is 5. The molecule has 6 aromatic heterocycles. The molecule has 0 spiro atoms. The van der Waals surface area contributed by atoms with Crippen LogP contribution in [-0.4, -0.2) is 199 Å². The van der Waals surface area contributed by atoms with Crippen LogP contribution in [0.3, 0.4) is 0 Å². The molecule has 15 rings (SSSR count). The predicted octanol–water partition coefficient (Wildman–Crippen LogP) is 9.76. The van der Waals surface area contributed by atoms with E-state index in [1.54, 1.807) is 135 Å². The Kier molecular flexibility index (Phi) is 26.8. The zero-order valence-electron chi connectivity index (χ0n) is 65.1. The van der Waals surface area contributed by atoms with E-state index in [0.717, 1.165) is 11.4 Å². The molecule has 117 heavy (non-hydrogen) atoms. The van der Waals surface area contributed by atoms with E-state index in [1.165, 1.54) is 17.0 Å². The number of urea groups is 1. The topological polar surface area (TPSA) is 377 Å². The molecule has 1 unspecified atom stereocenters. The van der Waals surface area contributed by atoms with E-state index in [0.29, 0.717) is 91.4 Å². The number of aliphatic hydroxyl groups is 1. The van der Waals surface area contributed by atoms with Gasteiger partial charge in [-0.15, -0.1) is 0 Å². The van der Waals surface area contributed by atoms with Gasteiger partial charge >= 0.3 is 36.3 Å². The number of aromatic nitrogens is 12. The molecule has 0 saturated carbocycles. The minimum Gasteiger partial charge on any atom is -0.458 e. The first-order chi connectivity index (χ1) is 55.5. The number of carbonyl (C=O) groups is 7. The number of fused-ring (bicyclic) bond motifs is 3. The van der Waals surface area contributed by atoms with Crippen LogP contribution >= 0.6 is 0 Å². The van der Waals surface area contributed by atoms with Crippen LogP contribution in [0.1, 0.15) is 98.7 Å². The maximum Gasteiger partial charge on any atom is 0.417 e. The van der Waals surface area contributed by atoms with Gasteiger partial charge in [-0.05, 0) is 92.6 Å². The van der Waals surface area contributed by atoms with Crippen LogP contribution in [0.5, 0.6) is 17.8 Å². The van der Waals surface area contributed by atoms with E-state index in [-0.39, 0.29) is 122 Å². The van der Waals surface area contributed by atoms with Gasteiger partial charge in [-0.25, -0.2) is 75.4 Å². The molecule has 12 heterocycles. The van der Waals surface area contributed by atoms with Gasteiger partial charge in [0.05, 0.1) is 172 Å². The molecule has 6 aliphatic heterocycles. The lowest BCUT2D eigenvalue weighted by Crippen LogP contribution is -2.47. The summed E-state index contributed by atoms with van der Waals surface area (Å²) in [4.78, 5) is 120. The normalized spacial score (nSPS) is 19.0. The fraction of sp³-hybridized carbons (Fsp3) is 0.395. The third kappa shape index (κ3) is 21.8. The molecular weight excluding hydrogens is 1560 g/mol. The standard InChI is InChI=1S/C22H20F3N7O3.C20H26N6O4.C16H24N4O4.C13H8F3NO2.C5H6N2OS/c1-12-9-32-18(11-30(12)22(34)29-13-5-15(23)20(25)16(24)6-13)17(8-28-32)31-10-14(7-19(31)33)35-21-26-3-2-4-27-21;1-13-10-26-16(12-24(13)19(28)30-20(2,3)4)15(9-23-26)25-11-14(8-17(25)27)29-18-21-6-5-7-22-18;1-10-7-20-13(9-18(10)15(23)24-16(2,3)4)12(6-17-20)19-8-11(21)5-14(19)22;14-10-6-8(7-11(15)12(10)16)17-13(18)19-9-4-2-1-3-5-9;1-9(8)5-6-3-2-4-7-5/h2-6,8,12,14H,7,9-11H2,1H3,(H,29,34);5-7,9,13-14H,8,10-12H2,1-4H3;6,10-11,21H,5,7-9H2,1-4H3;1-7H,(H,17,18);2-4H,1H3/t12-,14-;13-,14-;10-,11-;;/m000../s1. The zero-order chi connectivity index (χ0) is 84.3. The highest BCUT2D eigenvalue weighted by molar-refractivity contribution is 7.84. The number of halogens is 6. The second kappa shape index (κ2) is 36.8. The van der Waals surface area contributed by atoms with Crippen molar-refractivity contribution in [2.45, 2.75) is 174 Å². The van der Waals surface area contributed by atoms with E-state index in [9.17, 15) is 69.2 Å². The predicted molar refractivity (Wildman–Crippen MR) is 406 cm³/mol. The number of carbonyl (C=O) groups excluding carboxylic acids is 7. The molecular formula is C76H84F6N20O14S. The summed E-state index contributed by atoms with van der Waals surface area (Å²) in [6.07, 6.45) is 13.2. The van der Waals surface area contributed by atoms with Crippen molar-refractivity contribution in [3.8, 4) is 17.8 Å². The number of aliphatic hydroxyl groups excluding tert-OH is 1. The van der Waals surface area contributed by atoms with Gasteiger partial charge in [0.25, 0.3) is 0 Å². The van der Waals surface area contributed by atoms with Gasteiger partial charge in [0.15, 0.2) is 34.9 Å². The summed E-state index contributed by atoms with van der Waals surface area (Å²) < 4.78 is 122. The number of β-amino-alcohol motifs (C(OH)–C–C–N with tert-alkyl or cyclic N) is 1. The minimum absolute atomic E-state index is 0.0556. The summed E-state index contributed by atoms with van der Waals surface area (Å²) in [7, 11) is -1.05. The number of nitrogens with zero attached hydrogens (tertiary/aromatic N) is 18. The maximum atomic E-state index is 13.5. The first-order valence-electron chi connectivity index (χ1n) is 36.6. The number of hydrogen-bond acceptors (Lipinski definition) is 23. The molecule has 3 saturated heterocycles. The molecule has 41 heteroatoms. The number of nitrogens with one attached hydrogen (secondary N) is 2. The third-order valence-electron chi connectivity index (χ3n) is 18.2. The Labute approximate surface area is 668 Å². The molecule has 0 aliphatic carbocycles. The van der Waals surface area contributed by atoms with Gasteiger partial charge in [0.2, 0.25) is 22.9 Å². The Balaban J connectivity index is 0.000000150. The van der Waals surface area contributed by atoms with Crippen molar-refractivity contribution in [2.75, 3.05) is 51.2 Å². The highest BCUT2D eigenvalue weighted by atomic mass is 32.2. The van der Waals surface area contributed by atoms with Gasteiger partial charge in [0.1, 0.15) is 29.2 Å². The van der Waals surface area contributed by atoms with Crippen LogP contribution in [0, 0.1) is 34.9 Å². The first-order valence-corrected chi connectivity index (χ1v) is 38.2. The second-order valence-electron chi connectivity index (χ2n) is 29.4. The van der Waals surface area contributed by atoms with Crippen molar-refractivity contribution in [2.24, 2.45) is 0 Å². The molecule has 8 amide bonds. The molecule has 620 valence electrons. The van der Waals surface area contributed by atoms with Crippen LogP contribution in [-0.2, 0) is 73.9 Å². The average Bonchev–Trinajstić information content (AvgIpc) is 1.64. The summed E-state index contributed by atoms with van der Waals surface area (Å²) >= 11 is 0. The molecule has 3 N–H and O–H groups in total. The zero-order valence-corrected chi connectivity index (χ0v) is 65.9. The summed E-state index contributed by atoms with van der Waals surface area (Å²) in [6.45, 7) is 19.8. The van der Waals surface area contributed by atoms with E-state index in [1.807, 2.05) is 64.8 Å². The first kappa shape index (κ1) is 85.2. The number of hydrogen-bond donors (Lipinski definition) is 3. The molecule has 0 bridgehead atoms. The van der Waals surface area contributed by atoms with Crippen molar-refractivity contribution >= 4 is 81.3 Å². The molecule has 3 fully saturated rings. The van der Waals surface area contributed by atoms with Crippen LogP contribution in [0.25, 0.3) is 0 Å². The Bertz CT molecular complexity index is 5040. The molecule has 34 nitrogen and oxygen atoms in total. The summed E-state index contributed by atoms with van der Waals surface area (Å²) in [5, 5.41) is 27.7. The van der Waals surface area contributed by atoms with Gasteiger partial charge in [-0.3, -0.25) is 47.8 Å². The van der Waals surface area contributed by atoms with Crippen LogP contribution in [0.4, 0.5) is 74.0 Å². The number of benzene rings is 3. The van der Waals surface area contributed by atoms with Gasteiger partial charge in [-0.1, -0.05) is 18.2 Å². The van der Waals surface area contributed by atoms with E-state index < -0.39 is 81.2 Å². The summed E-state index contributed by atoms with van der Waals surface area (Å²) in [5.74, 6) is -8.90. The highest BCUT2D eigenvalue weighted by Crippen LogP contribution is 2.36. The smallest absolute Gasteiger partial charge is 0.417 e. The van der Waals surface area contributed by atoms with E-state index in [2.05, 4.69) is 55.8 Å². The van der Waals surface area contributed by atoms with Gasteiger partial charge in [-0.2, -0.15) is 15.3 Å². The Morgan fingerprint density at radius 3 is 1.21 bits per heavy atom. The van der Waals surface area contributed by atoms with E-state index >= 15 is 0 Å². The lowest BCUT2D eigenvalue weighted by Gasteiger charge is -2.36. The lowest BCUT2D eigenvalue weighted by molar-refractivity contribution is -0.118. The number of ether oxygens (including phenoxy) is 5. The fourth-order valence-corrected chi connectivity index (χ4v) is 13.2. The Hall–Kier alpha value is -12.7. The molecule has 7 atom stereocenters. The maximum absolute atomic E-state index is 13.5. The van der Waals surface area contributed by atoms with Crippen molar-refractivity contribution in [1.29, 1.82) is 0 Å². The van der Waals surface area contributed by atoms with Crippen LogP contribution in [0.15, 0.2) is 134 Å². The van der Waals surface area contributed by atoms with Crippen molar-refractivity contribution in [3.05, 3.63) is 181 Å². The number of para-hydroxylation sites is 1. The van der Waals surface area contributed by atoms with Gasteiger partial charge < -0.3 is 53.7 Å². The summed E-state index contributed by atoms with van der Waals surface area (Å²) in [5.41, 5.74) is 2.54. The third-order valence-corrected chi connectivity index (χ3v) is 18.9. The summed E-state index contributed by atoms with van der Waals surface area (Å²) in [6, 6.07) is 15.2. The SMILES string of the molecule is CS(=O)c1ncccn1.C[C@H]1Cn2ncc(N3C[C@@H](O)CC3=O)c2CN1C(=O)OC(C)(C)C.C[C@H]1Cn2ncc(N3C[C@@H](Oc4ncccn4)CC3=O)c2CN1C(=O)Nc1cc(F)c(F)c(F)c1.C[C@H]1Cn2ncc(N3C[C@@H](Oc4ncccn4)CC3=O)c2CN1C(=O)OC(C)(C)C.O=C(Nc1cc(F)c(F)c(F)c1)Oc1ccccc1. The average molecular weight is 1650 g/mol. The Morgan fingerprint density at radius 2 is 0.846 bits per heavy atom. The van der Waals surface area contributed by atoms with Crippen LogP contribution in [0.2, 0.25) is 0 Å². The highest BCUT2D eigenvalue weighted by Gasteiger charge is 2.42. The van der Waals surface area contributed by atoms with Crippen LogP contribution < -0.4 is 39.5 Å². The van der Waals surface area contributed by atoms with E-state index in [4.69, 9.17) is 23.7 Å². The van der Waals surface area contributed by atoms with Crippen molar-refractivity contribution in [3.63, 3.8) is 0 Å². The lowest BCUT2D eigenvalue weighted by atomic mass is 10.2. The fourth-order valence-electron chi connectivity index (χ4n) is 12.7. The van der Waals surface area contributed by atoms with Gasteiger partial charge in [0, 0.05) is 73.4 Å². The van der Waals surface area contributed by atoms with Crippen molar-refractivity contribution < 1.29 is 92.9 Å². The van der Waals surface area contributed by atoms with Crippen molar-refractivity contribution in [1.82, 2.24) is 73.9 Å². The molecule has 9 aromatic rings. The minimum atomic E-state index is -1.61. The quantitative estimate of drug-likeness (QED) is 0.0615. The monoisotopic (exact) mass is 1650 g/mol. The number of rotatable bonds is 11. The molecule has 6 aliphatic rings. The number of amides is 8. The molecule has 3 aromatic carbocycles.